The number of piperidine rings is 1. The van der Waals surface area contributed by atoms with E-state index < -0.39 is 5.54 Å². The number of Topliss-reactive ketones (excluding diaryl/α,β-unsaturated/α-hetero) is 1. The molecule has 0 aromatic carbocycles. The molecule has 1 aromatic heterocycles. The Morgan fingerprint density at radius 2 is 2.00 bits per heavy atom. The van der Waals surface area contributed by atoms with Crippen molar-refractivity contribution in [1.82, 2.24) is 14.7 Å². The van der Waals surface area contributed by atoms with Crippen molar-refractivity contribution in [2.45, 2.75) is 70.4 Å². The third-order valence-electron chi connectivity index (χ3n) is 5.54. The summed E-state index contributed by atoms with van der Waals surface area (Å²) in [6, 6.07) is 2.84. The Labute approximate surface area is 127 Å². The molecule has 3 rings (SSSR count). The van der Waals surface area contributed by atoms with E-state index in [2.05, 4.69) is 29.9 Å². The SMILES string of the molecule is CC(=O)C1(n2nccc2C(C)C)CCN(C2CCC2)CC1. The summed E-state index contributed by atoms with van der Waals surface area (Å²) in [4.78, 5) is 15.1. The molecule has 1 aliphatic carbocycles. The van der Waals surface area contributed by atoms with Crippen LogP contribution in [0.1, 0.15) is 64.5 Å². The Morgan fingerprint density at radius 3 is 2.48 bits per heavy atom. The van der Waals surface area contributed by atoms with E-state index in [4.69, 9.17) is 0 Å². The van der Waals surface area contributed by atoms with E-state index in [0.717, 1.165) is 32.0 Å². The Hall–Kier alpha value is -1.16. The summed E-state index contributed by atoms with van der Waals surface area (Å²) < 4.78 is 2.04. The van der Waals surface area contributed by atoms with Crippen LogP contribution in [0.25, 0.3) is 0 Å². The number of ketones is 1. The molecule has 1 aliphatic heterocycles. The Bertz CT molecular complexity index is 508. The molecule has 0 atom stereocenters. The van der Waals surface area contributed by atoms with Gasteiger partial charge in [0, 0.05) is 31.0 Å². The van der Waals surface area contributed by atoms with Gasteiger partial charge in [-0.15, -0.1) is 0 Å². The van der Waals surface area contributed by atoms with E-state index in [9.17, 15) is 4.79 Å². The lowest BCUT2D eigenvalue weighted by molar-refractivity contribution is -0.129. The fraction of sp³-hybridized carbons (Fsp3) is 0.765. The molecule has 0 N–H and O–H groups in total. The van der Waals surface area contributed by atoms with Crippen LogP contribution in [0.3, 0.4) is 0 Å². The maximum absolute atomic E-state index is 12.5. The standard InChI is InChI=1S/C17H27N3O/c1-13(2)16-7-10-18-20(16)17(14(3)21)8-11-19(12-9-17)15-5-4-6-15/h7,10,13,15H,4-6,8-9,11-12H2,1-3H3. The normalized spacial score (nSPS) is 23.2. The highest BCUT2D eigenvalue weighted by molar-refractivity contribution is 5.84. The van der Waals surface area contributed by atoms with Gasteiger partial charge in [0.2, 0.25) is 0 Å². The first-order valence-corrected chi connectivity index (χ1v) is 8.34. The van der Waals surface area contributed by atoms with E-state index in [0.29, 0.717) is 5.92 Å². The van der Waals surface area contributed by atoms with Crippen molar-refractivity contribution in [3.63, 3.8) is 0 Å². The van der Waals surface area contributed by atoms with Crippen molar-refractivity contribution in [1.29, 1.82) is 0 Å². The fourth-order valence-corrected chi connectivity index (χ4v) is 3.83. The van der Waals surface area contributed by atoms with Gasteiger partial charge < -0.3 is 4.90 Å². The van der Waals surface area contributed by atoms with Crippen molar-refractivity contribution < 1.29 is 4.79 Å². The highest BCUT2D eigenvalue weighted by atomic mass is 16.1. The molecule has 116 valence electrons. The first-order chi connectivity index (χ1) is 10.0. The number of carbonyl (C=O) groups excluding carboxylic acids is 1. The molecule has 0 amide bonds. The van der Waals surface area contributed by atoms with Gasteiger partial charge in [-0.2, -0.15) is 5.10 Å². The number of rotatable bonds is 4. The molecule has 1 saturated heterocycles. The zero-order chi connectivity index (χ0) is 15.0. The molecule has 0 unspecified atom stereocenters. The van der Waals surface area contributed by atoms with Gasteiger partial charge in [-0.25, -0.2) is 0 Å². The molecule has 4 heteroatoms. The van der Waals surface area contributed by atoms with Gasteiger partial charge in [-0.05, 0) is 44.6 Å². The van der Waals surface area contributed by atoms with Gasteiger partial charge in [-0.1, -0.05) is 20.3 Å². The second kappa shape index (κ2) is 5.56. The Kier molecular flexibility index (Phi) is 3.91. The fourth-order valence-electron chi connectivity index (χ4n) is 3.83. The molecule has 0 radical (unpaired) electrons. The summed E-state index contributed by atoms with van der Waals surface area (Å²) in [7, 11) is 0. The topological polar surface area (TPSA) is 38.1 Å². The zero-order valence-corrected chi connectivity index (χ0v) is 13.5. The Balaban J connectivity index is 1.84. The van der Waals surface area contributed by atoms with Crippen LogP contribution in [0.4, 0.5) is 0 Å². The minimum Gasteiger partial charge on any atom is -0.300 e. The van der Waals surface area contributed by atoms with Crippen LogP contribution in [-0.2, 0) is 10.3 Å². The van der Waals surface area contributed by atoms with Gasteiger partial charge >= 0.3 is 0 Å². The predicted octanol–water partition coefficient (Wildman–Crippen LogP) is 2.94. The molecule has 2 aliphatic rings. The third kappa shape index (κ3) is 2.44. The van der Waals surface area contributed by atoms with E-state index in [1.165, 1.54) is 25.0 Å². The predicted molar refractivity (Wildman–Crippen MR) is 83.4 cm³/mol. The van der Waals surface area contributed by atoms with Gasteiger partial charge in [0.15, 0.2) is 5.78 Å². The average Bonchev–Trinajstić information content (AvgIpc) is 2.87. The van der Waals surface area contributed by atoms with Crippen LogP contribution in [0, 0.1) is 0 Å². The summed E-state index contributed by atoms with van der Waals surface area (Å²) in [5.74, 6) is 0.662. The van der Waals surface area contributed by atoms with Crippen LogP contribution in [-0.4, -0.2) is 39.6 Å². The Morgan fingerprint density at radius 1 is 1.33 bits per heavy atom. The molecular weight excluding hydrogens is 262 g/mol. The van der Waals surface area contributed by atoms with Crippen LogP contribution in [0.5, 0.6) is 0 Å². The van der Waals surface area contributed by atoms with Crippen molar-refractivity contribution in [3.8, 4) is 0 Å². The number of hydrogen-bond acceptors (Lipinski definition) is 3. The monoisotopic (exact) mass is 289 g/mol. The molecule has 2 fully saturated rings. The highest BCUT2D eigenvalue weighted by Crippen LogP contribution is 2.36. The van der Waals surface area contributed by atoms with Crippen LogP contribution in [0.15, 0.2) is 12.3 Å². The summed E-state index contributed by atoms with van der Waals surface area (Å²) in [6.45, 7) is 8.14. The molecule has 1 aromatic rings. The van der Waals surface area contributed by atoms with Crippen LogP contribution in [0.2, 0.25) is 0 Å². The minimum atomic E-state index is -0.413. The first-order valence-electron chi connectivity index (χ1n) is 8.34. The van der Waals surface area contributed by atoms with Crippen LogP contribution >= 0.6 is 0 Å². The maximum Gasteiger partial charge on any atom is 0.157 e. The quantitative estimate of drug-likeness (QED) is 0.855. The average molecular weight is 289 g/mol. The van der Waals surface area contributed by atoms with E-state index >= 15 is 0 Å². The van der Waals surface area contributed by atoms with Crippen molar-refractivity contribution in [2.24, 2.45) is 0 Å². The van der Waals surface area contributed by atoms with Gasteiger partial charge in [0.05, 0.1) is 0 Å². The molecule has 0 spiro atoms. The van der Waals surface area contributed by atoms with Crippen LogP contribution < -0.4 is 0 Å². The van der Waals surface area contributed by atoms with Gasteiger partial charge in [-0.3, -0.25) is 9.48 Å². The lowest BCUT2D eigenvalue weighted by atomic mass is 9.81. The molecular formula is C17H27N3O. The number of nitrogens with zero attached hydrogens (tertiary/aromatic N) is 3. The molecule has 0 bridgehead atoms. The molecule has 21 heavy (non-hydrogen) atoms. The number of aromatic nitrogens is 2. The number of carbonyl (C=O) groups is 1. The van der Waals surface area contributed by atoms with E-state index in [1.807, 2.05) is 10.9 Å². The second-order valence-corrected chi connectivity index (χ2v) is 7.03. The second-order valence-electron chi connectivity index (χ2n) is 7.03. The molecule has 4 nitrogen and oxygen atoms in total. The van der Waals surface area contributed by atoms with E-state index in [1.54, 1.807) is 6.92 Å². The third-order valence-corrected chi connectivity index (χ3v) is 5.54. The maximum atomic E-state index is 12.5. The lowest BCUT2D eigenvalue weighted by Gasteiger charge is -2.46. The lowest BCUT2D eigenvalue weighted by Crippen LogP contribution is -2.54. The molecule has 2 heterocycles. The first kappa shape index (κ1) is 14.8. The van der Waals surface area contributed by atoms with Gasteiger partial charge in [0.1, 0.15) is 5.54 Å². The highest BCUT2D eigenvalue weighted by Gasteiger charge is 2.44. The summed E-state index contributed by atoms with van der Waals surface area (Å²) in [5, 5.41) is 4.54. The zero-order valence-electron chi connectivity index (χ0n) is 13.5. The van der Waals surface area contributed by atoms with Crippen molar-refractivity contribution in [3.05, 3.63) is 18.0 Å². The summed E-state index contributed by atoms with van der Waals surface area (Å²) in [6.07, 6.45) is 7.70. The van der Waals surface area contributed by atoms with Crippen molar-refractivity contribution >= 4 is 5.78 Å². The number of hydrogen-bond donors (Lipinski definition) is 0. The summed E-state index contributed by atoms with van der Waals surface area (Å²) in [5.41, 5.74) is 0.769. The largest absolute Gasteiger partial charge is 0.300 e. The summed E-state index contributed by atoms with van der Waals surface area (Å²) >= 11 is 0. The van der Waals surface area contributed by atoms with Crippen molar-refractivity contribution in [2.75, 3.05) is 13.1 Å². The minimum absolute atomic E-state index is 0.265. The van der Waals surface area contributed by atoms with E-state index in [-0.39, 0.29) is 5.78 Å². The number of likely N-dealkylation sites (tertiary alicyclic amines) is 1. The molecule has 1 saturated carbocycles. The van der Waals surface area contributed by atoms with Gasteiger partial charge in [0.25, 0.3) is 0 Å². The smallest absolute Gasteiger partial charge is 0.157 e.